The van der Waals surface area contributed by atoms with Gasteiger partial charge in [-0.25, -0.2) is 4.98 Å². The zero-order valence-electron chi connectivity index (χ0n) is 21.2. The SMILES string of the molecule is CC(C)c1ccc(/C=C/C(=O)c2ccc(NC(=O)c3sc4nc5c(cc4c3N)CCCCC5)cc2)cc1. The number of pyridine rings is 1. The first kappa shape index (κ1) is 24.9. The predicted octanol–water partition coefficient (Wildman–Crippen LogP) is 7.42. The number of carbonyl (C=O) groups excluding carboxylic acids is 2. The number of ketones is 1. The van der Waals surface area contributed by atoms with Gasteiger partial charge in [-0.2, -0.15) is 0 Å². The highest BCUT2D eigenvalue weighted by atomic mass is 32.1. The second-order valence-corrected chi connectivity index (χ2v) is 10.9. The zero-order chi connectivity index (χ0) is 25.9. The molecule has 1 amide bonds. The van der Waals surface area contributed by atoms with E-state index in [1.54, 1.807) is 30.3 Å². The van der Waals surface area contributed by atoms with Crippen LogP contribution in [0.4, 0.5) is 11.4 Å². The van der Waals surface area contributed by atoms with Crippen LogP contribution in [-0.4, -0.2) is 16.7 Å². The Balaban J connectivity index is 1.27. The lowest BCUT2D eigenvalue weighted by Gasteiger charge is -2.06. The van der Waals surface area contributed by atoms with Gasteiger partial charge in [0.05, 0.1) is 5.69 Å². The molecule has 188 valence electrons. The molecule has 0 bridgehead atoms. The van der Waals surface area contributed by atoms with E-state index >= 15 is 0 Å². The summed E-state index contributed by atoms with van der Waals surface area (Å²) in [6.07, 6.45) is 8.93. The van der Waals surface area contributed by atoms with Crippen molar-refractivity contribution < 1.29 is 9.59 Å². The highest BCUT2D eigenvalue weighted by Crippen LogP contribution is 2.35. The summed E-state index contributed by atoms with van der Waals surface area (Å²) >= 11 is 1.33. The highest BCUT2D eigenvalue weighted by molar-refractivity contribution is 7.21. The van der Waals surface area contributed by atoms with Crippen LogP contribution >= 0.6 is 11.3 Å². The Hall–Kier alpha value is -3.77. The van der Waals surface area contributed by atoms with E-state index in [0.29, 0.717) is 27.7 Å². The van der Waals surface area contributed by atoms with Gasteiger partial charge >= 0.3 is 0 Å². The molecule has 2 aromatic heterocycles. The van der Waals surface area contributed by atoms with Crippen LogP contribution in [0.2, 0.25) is 0 Å². The van der Waals surface area contributed by atoms with Gasteiger partial charge < -0.3 is 11.1 Å². The predicted molar refractivity (Wildman–Crippen MR) is 154 cm³/mol. The van der Waals surface area contributed by atoms with Crippen LogP contribution in [0.15, 0.2) is 60.7 Å². The van der Waals surface area contributed by atoms with E-state index in [1.807, 2.05) is 18.2 Å². The van der Waals surface area contributed by atoms with Crippen molar-refractivity contribution in [1.29, 1.82) is 0 Å². The number of nitrogen functional groups attached to an aromatic ring is 1. The Morgan fingerprint density at radius 2 is 1.73 bits per heavy atom. The minimum absolute atomic E-state index is 0.0922. The van der Waals surface area contributed by atoms with Crippen molar-refractivity contribution in [3.8, 4) is 0 Å². The lowest BCUT2D eigenvalue weighted by molar-refractivity contribution is 0.102. The summed E-state index contributed by atoms with van der Waals surface area (Å²) in [7, 11) is 0. The number of nitrogens with two attached hydrogens (primary N) is 1. The van der Waals surface area contributed by atoms with Crippen LogP contribution in [-0.2, 0) is 12.8 Å². The number of aromatic nitrogens is 1. The molecule has 0 saturated heterocycles. The summed E-state index contributed by atoms with van der Waals surface area (Å²) in [4.78, 5) is 31.8. The van der Waals surface area contributed by atoms with E-state index < -0.39 is 0 Å². The Labute approximate surface area is 221 Å². The molecule has 2 heterocycles. The number of aryl methyl sites for hydroxylation is 2. The van der Waals surface area contributed by atoms with Crippen molar-refractivity contribution in [3.05, 3.63) is 93.5 Å². The van der Waals surface area contributed by atoms with Gasteiger partial charge in [0.15, 0.2) is 5.78 Å². The zero-order valence-corrected chi connectivity index (χ0v) is 22.0. The monoisotopic (exact) mass is 509 g/mol. The molecule has 0 spiro atoms. The van der Waals surface area contributed by atoms with E-state index in [1.165, 1.54) is 28.9 Å². The fraction of sp³-hybridized carbons (Fsp3) is 0.258. The van der Waals surface area contributed by atoms with E-state index in [-0.39, 0.29) is 11.7 Å². The van der Waals surface area contributed by atoms with E-state index in [9.17, 15) is 9.59 Å². The van der Waals surface area contributed by atoms with Crippen LogP contribution in [0.5, 0.6) is 0 Å². The largest absolute Gasteiger partial charge is 0.397 e. The number of nitrogens with one attached hydrogen (secondary N) is 1. The van der Waals surface area contributed by atoms with Gasteiger partial charge in [0.2, 0.25) is 0 Å². The minimum Gasteiger partial charge on any atom is -0.397 e. The average Bonchev–Trinajstić information content (AvgIpc) is 3.06. The van der Waals surface area contributed by atoms with E-state index in [4.69, 9.17) is 10.7 Å². The summed E-state index contributed by atoms with van der Waals surface area (Å²) in [6, 6.07) is 17.2. The molecular formula is C31H31N3O2S. The van der Waals surface area contributed by atoms with Crippen LogP contribution in [0.25, 0.3) is 16.3 Å². The second kappa shape index (κ2) is 10.7. The Bertz CT molecular complexity index is 1480. The quantitative estimate of drug-likeness (QED) is 0.161. The van der Waals surface area contributed by atoms with Gasteiger partial charge in [-0.3, -0.25) is 9.59 Å². The number of carbonyl (C=O) groups is 2. The van der Waals surface area contributed by atoms with Crippen molar-refractivity contribution in [2.24, 2.45) is 0 Å². The van der Waals surface area contributed by atoms with Gasteiger partial charge in [0.25, 0.3) is 5.91 Å². The second-order valence-electron chi connectivity index (χ2n) is 9.90. The van der Waals surface area contributed by atoms with Gasteiger partial charge in [-0.15, -0.1) is 11.3 Å². The molecule has 6 heteroatoms. The minimum atomic E-state index is -0.264. The van der Waals surface area contributed by atoms with Crippen molar-refractivity contribution in [3.63, 3.8) is 0 Å². The molecule has 2 aromatic carbocycles. The molecule has 5 nitrogen and oxygen atoms in total. The number of amides is 1. The number of allylic oxidation sites excluding steroid dienone is 1. The van der Waals surface area contributed by atoms with E-state index in [2.05, 4.69) is 37.4 Å². The third-order valence-electron chi connectivity index (χ3n) is 6.91. The molecule has 1 aliphatic rings. The Morgan fingerprint density at radius 3 is 2.46 bits per heavy atom. The van der Waals surface area contributed by atoms with Gasteiger partial charge in [0.1, 0.15) is 9.71 Å². The van der Waals surface area contributed by atoms with Gasteiger partial charge in [-0.1, -0.05) is 50.6 Å². The average molecular weight is 510 g/mol. The lowest BCUT2D eigenvalue weighted by atomic mass is 10.0. The maximum Gasteiger partial charge on any atom is 0.267 e. The summed E-state index contributed by atoms with van der Waals surface area (Å²) in [5, 5.41) is 3.78. The molecule has 1 aliphatic carbocycles. The fourth-order valence-electron chi connectivity index (χ4n) is 4.67. The van der Waals surface area contributed by atoms with Crippen LogP contribution in [0, 0.1) is 0 Å². The molecule has 3 N–H and O–H groups in total. The number of hydrogen-bond donors (Lipinski definition) is 2. The number of hydrogen-bond acceptors (Lipinski definition) is 5. The molecule has 0 unspecified atom stereocenters. The molecular weight excluding hydrogens is 478 g/mol. The molecule has 0 fully saturated rings. The van der Waals surface area contributed by atoms with Gasteiger partial charge in [0, 0.05) is 22.3 Å². The van der Waals surface area contributed by atoms with Crippen molar-refractivity contribution in [2.45, 2.75) is 51.9 Å². The fourth-order valence-corrected chi connectivity index (χ4v) is 5.66. The maximum absolute atomic E-state index is 13.0. The normalized spacial score (nSPS) is 13.6. The first-order valence-corrected chi connectivity index (χ1v) is 13.7. The number of fused-ring (bicyclic) bond motifs is 2. The topological polar surface area (TPSA) is 85.1 Å². The third-order valence-corrected chi connectivity index (χ3v) is 8.03. The summed E-state index contributed by atoms with van der Waals surface area (Å²) in [5.41, 5.74) is 12.7. The van der Waals surface area contributed by atoms with Crippen LogP contribution in [0.3, 0.4) is 0 Å². The molecule has 0 saturated carbocycles. The Morgan fingerprint density at radius 1 is 1.00 bits per heavy atom. The first-order chi connectivity index (χ1) is 17.9. The van der Waals surface area contributed by atoms with Gasteiger partial charge in [-0.05, 0) is 84.7 Å². The molecule has 4 aromatic rings. The number of benzene rings is 2. The van der Waals surface area contributed by atoms with Crippen molar-refractivity contribution in [1.82, 2.24) is 4.98 Å². The summed E-state index contributed by atoms with van der Waals surface area (Å²) in [5.74, 6) is 0.116. The molecule has 0 radical (unpaired) electrons. The highest BCUT2D eigenvalue weighted by Gasteiger charge is 2.20. The number of thiophene rings is 1. The third kappa shape index (κ3) is 5.49. The van der Waals surface area contributed by atoms with Crippen LogP contribution in [0.1, 0.15) is 81.4 Å². The van der Waals surface area contributed by atoms with E-state index in [0.717, 1.165) is 47.2 Å². The molecule has 5 rings (SSSR count). The smallest absolute Gasteiger partial charge is 0.267 e. The lowest BCUT2D eigenvalue weighted by Crippen LogP contribution is -2.12. The summed E-state index contributed by atoms with van der Waals surface area (Å²) in [6.45, 7) is 4.31. The standard InChI is InChI=1S/C31H31N3O2S/c1-19(2)21-11-8-20(9-12-21)10-17-27(35)22-13-15-24(16-14-22)33-30(36)29-28(32)25-18-23-6-4-3-5-7-26(23)34-31(25)37-29/h8-19H,3-7,32H2,1-2H3,(H,33,36)/b17-10+. The number of rotatable bonds is 6. The maximum atomic E-state index is 13.0. The first-order valence-electron chi connectivity index (χ1n) is 12.8. The number of anilines is 2. The summed E-state index contributed by atoms with van der Waals surface area (Å²) < 4.78 is 0. The van der Waals surface area contributed by atoms with Crippen molar-refractivity contribution in [2.75, 3.05) is 11.1 Å². The van der Waals surface area contributed by atoms with Crippen LogP contribution < -0.4 is 11.1 Å². The molecule has 0 atom stereocenters. The molecule has 0 aliphatic heterocycles. The Kier molecular flexibility index (Phi) is 7.19. The molecule has 37 heavy (non-hydrogen) atoms. The van der Waals surface area contributed by atoms with Crippen molar-refractivity contribution >= 4 is 50.7 Å². The number of nitrogens with zero attached hydrogens (tertiary/aromatic N) is 1.